The van der Waals surface area contributed by atoms with Gasteiger partial charge in [-0.1, -0.05) is 10.3 Å². The Morgan fingerprint density at radius 1 is 1.24 bits per heavy atom. The molecule has 0 spiro atoms. The molecule has 2 aromatic heterocycles. The molecule has 0 saturated heterocycles. The number of sulfonamides is 1. The minimum Gasteiger partial charge on any atom is -0.360 e. The first-order valence-corrected chi connectivity index (χ1v) is 8.15. The third-order valence-corrected chi connectivity index (χ3v) is 5.12. The van der Waals surface area contributed by atoms with Crippen LogP contribution in [0.1, 0.15) is 54.9 Å². The Morgan fingerprint density at radius 2 is 1.95 bits per heavy atom. The van der Waals surface area contributed by atoms with Crippen molar-refractivity contribution in [1.82, 2.24) is 20.0 Å². The van der Waals surface area contributed by atoms with Crippen LogP contribution in [-0.4, -0.2) is 23.7 Å². The van der Waals surface area contributed by atoms with Gasteiger partial charge in [0.15, 0.2) is 11.6 Å². The molecule has 2 aromatic rings. The Labute approximate surface area is 121 Å². The summed E-state index contributed by atoms with van der Waals surface area (Å²) in [6, 6.07) is -0.622. The predicted molar refractivity (Wildman–Crippen MR) is 71.0 cm³/mol. The molecule has 21 heavy (non-hydrogen) atoms. The van der Waals surface area contributed by atoms with Gasteiger partial charge in [0, 0.05) is 5.92 Å². The number of hydrogen-bond acceptors (Lipinski definition) is 7. The van der Waals surface area contributed by atoms with E-state index in [9.17, 15) is 8.42 Å². The zero-order chi connectivity index (χ0) is 15.2. The summed E-state index contributed by atoms with van der Waals surface area (Å²) in [5, 5.41) is 7.53. The minimum atomic E-state index is -3.76. The molecule has 0 bridgehead atoms. The maximum absolute atomic E-state index is 12.4. The number of nitrogens with one attached hydrogen (secondary N) is 1. The monoisotopic (exact) mass is 312 g/mol. The van der Waals surface area contributed by atoms with Crippen LogP contribution < -0.4 is 4.72 Å². The molecule has 0 amide bonds. The molecule has 1 N–H and O–H groups in total. The maximum Gasteiger partial charge on any atom is 0.246 e. The number of rotatable bonds is 5. The van der Waals surface area contributed by atoms with Gasteiger partial charge in [-0.3, -0.25) is 0 Å². The van der Waals surface area contributed by atoms with Crippen molar-refractivity contribution in [2.24, 2.45) is 0 Å². The van der Waals surface area contributed by atoms with Crippen molar-refractivity contribution >= 4 is 10.0 Å². The summed E-state index contributed by atoms with van der Waals surface area (Å²) in [4.78, 5) is 4.29. The normalized spacial score (nSPS) is 17.1. The third kappa shape index (κ3) is 2.70. The van der Waals surface area contributed by atoms with Crippen LogP contribution in [0.25, 0.3) is 0 Å². The summed E-state index contributed by atoms with van der Waals surface area (Å²) in [5.41, 5.74) is 0.316. The molecule has 0 aromatic carbocycles. The highest BCUT2D eigenvalue weighted by Crippen LogP contribution is 2.38. The van der Waals surface area contributed by atoms with Gasteiger partial charge in [0.25, 0.3) is 0 Å². The van der Waals surface area contributed by atoms with E-state index >= 15 is 0 Å². The van der Waals surface area contributed by atoms with Crippen molar-refractivity contribution in [3.8, 4) is 0 Å². The summed E-state index contributed by atoms with van der Waals surface area (Å²) in [5.74, 6) is 1.51. The average molecular weight is 312 g/mol. The van der Waals surface area contributed by atoms with E-state index in [1.165, 1.54) is 0 Å². The van der Waals surface area contributed by atoms with Gasteiger partial charge >= 0.3 is 0 Å². The average Bonchev–Trinajstić information content (AvgIpc) is 3.01. The third-order valence-electron chi connectivity index (χ3n) is 3.34. The van der Waals surface area contributed by atoms with Gasteiger partial charge in [0.2, 0.25) is 15.9 Å². The Bertz CT molecular complexity index is 741. The molecule has 3 rings (SSSR count). The molecule has 2 heterocycles. The smallest absolute Gasteiger partial charge is 0.246 e. The lowest BCUT2D eigenvalue weighted by Crippen LogP contribution is -2.27. The van der Waals surface area contributed by atoms with Crippen molar-refractivity contribution in [2.45, 2.75) is 50.5 Å². The fraction of sp³-hybridized carbons (Fsp3) is 0.583. The zero-order valence-corrected chi connectivity index (χ0v) is 12.8. The first-order chi connectivity index (χ1) is 9.88. The highest BCUT2D eigenvalue weighted by atomic mass is 32.2. The molecular formula is C12H16N4O4S. The van der Waals surface area contributed by atoms with Crippen molar-refractivity contribution in [1.29, 1.82) is 0 Å². The molecule has 8 nitrogen and oxygen atoms in total. The second-order valence-corrected chi connectivity index (χ2v) is 6.91. The predicted octanol–water partition coefficient (Wildman–Crippen LogP) is 1.59. The van der Waals surface area contributed by atoms with E-state index in [0.717, 1.165) is 12.8 Å². The Kier molecular flexibility index (Phi) is 3.33. The van der Waals surface area contributed by atoms with Gasteiger partial charge in [0.1, 0.15) is 10.6 Å². The zero-order valence-electron chi connectivity index (χ0n) is 12.0. The molecule has 0 unspecified atom stereocenters. The molecule has 0 radical (unpaired) electrons. The van der Waals surface area contributed by atoms with Gasteiger partial charge < -0.3 is 9.05 Å². The summed E-state index contributed by atoms with van der Waals surface area (Å²) < 4.78 is 37.3. The largest absolute Gasteiger partial charge is 0.360 e. The van der Waals surface area contributed by atoms with E-state index in [1.807, 2.05) is 0 Å². The summed E-state index contributed by atoms with van der Waals surface area (Å²) in [7, 11) is -3.76. The van der Waals surface area contributed by atoms with Gasteiger partial charge in [0.05, 0.1) is 6.04 Å². The molecule has 1 fully saturated rings. The van der Waals surface area contributed by atoms with E-state index < -0.39 is 16.1 Å². The van der Waals surface area contributed by atoms with E-state index in [-0.39, 0.29) is 16.5 Å². The molecule has 114 valence electrons. The lowest BCUT2D eigenvalue weighted by molar-refractivity contribution is 0.349. The summed E-state index contributed by atoms with van der Waals surface area (Å²) in [6.45, 7) is 4.78. The molecule has 1 aliphatic carbocycles. The number of aryl methyl sites for hydroxylation is 2. The van der Waals surface area contributed by atoms with E-state index in [2.05, 4.69) is 20.0 Å². The van der Waals surface area contributed by atoms with Crippen LogP contribution in [0.3, 0.4) is 0 Å². The van der Waals surface area contributed by atoms with Crippen LogP contribution in [0.15, 0.2) is 13.9 Å². The number of hydrogen-bond donors (Lipinski definition) is 1. The molecule has 1 aliphatic rings. The fourth-order valence-corrected chi connectivity index (χ4v) is 3.66. The van der Waals surface area contributed by atoms with Crippen molar-refractivity contribution in [3.05, 3.63) is 23.2 Å². The fourth-order valence-electron chi connectivity index (χ4n) is 2.13. The molecule has 0 aliphatic heterocycles. The van der Waals surface area contributed by atoms with E-state index in [4.69, 9.17) is 9.05 Å². The lowest BCUT2D eigenvalue weighted by Gasteiger charge is -2.09. The van der Waals surface area contributed by atoms with Crippen LogP contribution in [0.2, 0.25) is 0 Å². The molecular weight excluding hydrogens is 296 g/mol. The highest BCUT2D eigenvalue weighted by Gasteiger charge is 2.31. The van der Waals surface area contributed by atoms with Crippen LogP contribution >= 0.6 is 0 Å². The van der Waals surface area contributed by atoms with Crippen LogP contribution in [0, 0.1) is 13.8 Å². The Balaban J connectivity index is 1.81. The Hall–Kier alpha value is -1.74. The van der Waals surface area contributed by atoms with Gasteiger partial charge in [-0.2, -0.15) is 9.71 Å². The summed E-state index contributed by atoms with van der Waals surface area (Å²) >= 11 is 0. The van der Waals surface area contributed by atoms with Gasteiger partial charge in [-0.15, -0.1) is 0 Å². The quantitative estimate of drug-likeness (QED) is 0.892. The second-order valence-electron chi connectivity index (χ2n) is 5.26. The lowest BCUT2D eigenvalue weighted by atomic mass is 10.3. The van der Waals surface area contributed by atoms with Crippen LogP contribution in [0.5, 0.6) is 0 Å². The van der Waals surface area contributed by atoms with Crippen molar-refractivity contribution in [3.63, 3.8) is 0 Å². The first-order valence-electron chi connectivity index (χ1n) is 6.67. The van der Waals surface area contributed by atoms with E-state index in [1.54, 1.807) is 20.8 Å². The van der Waals surface area contributed by atoms with Crippen molar-refractivity contribution in [2.75, 3.05) is 0 Å². The second kappa shape index (κ2) is 4.92. The van der Waals surface area contributed by atoms with Crippen molar-refractivity contribution < 1.29 is 17.5 Å². The SMILES string of the molecule is Cc1noc(C)c1S(=O)(=O)N[C@@H](C)c1nc(C2CC2)no1. The number of aromatic nitrogens is 3. The van der Waals surface area contributed by atoms with Crippen LogP contribution in [-0.2, 0) is 10.0 Å². The molecule has 1 atom stereocenters. The first kappa shape index (κ1) is 14.2. The highest BCUT2D eigenvalue weighted by molar-refractivity contribution is 7.89. The van der Waals surface area contributed by atoms with Gasteiger partial charge in [-0.25, -0.2) is 8.42 Å². The topological polar surface area (TPSA) is 111 Å². The summed E-state index contributed by atoms with van der Waals surface area (Å²) in [6.07, 6.45) is 2.11. The minimum absolute atomic E-state index is 0.0521. The van der Waals surface area contributed by atoms with E-state index in [0.29, 0.717) is 17.4 Å². The standard InChI is InChI=1S/C12H16N4O4S/c1-6-10(8(3)19-14-6)21(17,18)16-7(2)12-13-11(15-20-12)9-4-5-9/h7,9,16H,4-5H2,1-3H3/t7-/m0/s1. The number of nitrogens with zero attached hydrogens (tertiary/aromatic N) is 3. The Morgan fingerprint density at radius 3 is 2.52 bits per heavy atom. The van der Waals surface area contributed by atoms with Crippen LogP contribution in [0.4, 0.5) is 0 Å². The maximum atomic E-state index is 12.4. The molecule has 9 heteroatoms. The molecule has 1 saturated carbocycles. The van der Waals surface area contributed by atoms with Gasteiger partial charge in [-0.05, 0) is 33.6 Å².